The monoisotopic (exact) mass is 292 g/mol. The Morgan fingerprint density at radius 1 is 1.19 bits per heavy atom. The van der Waals surface area contributed by atoms with Crippen molar-refractivity contribution in [2.75, 3.05) is 19.6 Å². The Kier molecular flexibility index (Phi) is 6.38. The molecule has 2 N–H and O–H groups in total. The number of nitrogens with one attached hydrogen (secondary N) is 1. The van der Waals surface area contributed by atoms with Gasteiger partial charge in [0.2, 0.25) is 13.8 Å². The molecule has 0 saturated carbocycles. The molecule has 0 unspecified atom stereocenters. The number of carboxylic acids is 1. The van der Waals surface area contributed by atoms with E-state index in [0.29, 0.717) is 6.42 Å². The second kappa shape index (κ2) is 8.03. The summed E-state index contributed by atoms with van der Waals surface area (Å²) in [6, 6.07) is 5.83. The molecular formula is C13H14BFN2O4. The van der Waals surface area contributed by atoms with Gasteiger partial charge in [-0.05, 0) is 24.1 Å². The number of carboxylic acid groups (broad SMARTS) is 1. The van der Waals surface area contributed by atoms with Gasteiger partial charge in [-0.25, -0.2) is 4.39 Å². The summed E-state index contributed by atoms with van der Waals surface area (Å²) in [6.45, 7) is -0.782. The van der Waals surface area contributed by atoms with Gasteiger partial charge in [-0.3, -0.25) is 14.4 Å². The zero-order valence-electron chi connectivity index (χ0n) is 11.2. The third kappa shape index (κ3) is 6.55. The summed E-state index contributed by atoms with van der Waals surface area (Å²) < 4.78 is 12.7. The van der Waals surface area contributed by atoms with Gasteiger partial charge in [0.05, 0.1) is 6.54 Å². The average molecular weight is 292 g/mol. The highest BCUT2D eigenvalue weighted by Crippen LogP contribution is 2.02. The molecule has 0 heterocycles. The highest BCUT2D eigenvalue weighted by Gasteiger charge is 2.15. The minimum Gasteiger partial charge on any atom is -0.480 e. The summed E-state index contributed by atoms with van der Waals surface area (Å²) in [4.78, 5) is 33.8. The Balaban J connectivity index is 2.37. The summed E-state index contributed by atoms with van der Waals surface area (Å²) in [6.07, 6.45) is 0.488. The first-order chi connectivity index (χ1) is 9.88. The second-order valence-electron chi connectivity index (χ2n) is 4.31. The van der Waals surface area contributed by atoms with Crippen molar-refractivity contribution in [2.45, 2.75) is 6.42 Å². The highest BCUT2D eigenvalue weighted by atomic mass is 19.1. The fourth-order valence-corrected chi connectivity index (χ4v) is 1.60. The molecule has 0 atom stereocenters. The van der Waals surface area contributed by atoms with Crippen molar-refractivity contribution < 1.29 is 23.9 Å². The van der Waals surface area contributed by atoms with Crippen molar-refractivity contribution in [2.24, 2.45) is 0 Å². The van der Waals surface area contributed by atoms with Gasteiger partial charge in [-0.1, -0.05) is 12.1 Å². The lowest BCUT2D eigenvalue weighted by atomic mass is 10.1. The van der Waals surface area contributed by atoms with Crippen LogP contribution in [0.3, 0.4) is 0 Å². The minimum absolute atomic E-state index is 0.282. The van der Waals surface area contributed by atoms with Crippen molar-refractivity contribution >= 4 is 25.5 Å². The summed E-state index contributed by atoms with van der Waals surface area (Å²) in [5, 5.41) is 11.1. The Bertz CT molecular complexity index is 521. The van der Waals surface area contributed by atoms with Crippen LogP contribution in [0.1, 0.15) is 5.56 Å². The van der Waals surface area contributed by atoms with Crippen LogP contribution in [0, 0.1) is 5.82 Å². The van der Waals surface area contributed by atoms with Crippen molar-refractivity contribution in [3.8, 4) is 0 Å². The highest BCUT2D eigenvalue weighted by molar-refractivity contribution is 6.57. The quantitative estimate of drug-likeness (QED) is 0.701. The lowest BCUT2D eigenvalue weighted by Gasteiger charge is -2.18. The molecule has 0 bridgehead atoms. The standard InChI is InChI=1S/C13H14BFN2O4/c14-13(21)17(8-12(19)20)7-11(18)16-6-5-9-1-3-10(15)4-2-9/h1-4H,5-8H2,(H,16,18)(H,19,20). The molecule has 2 amide bonds. The largest absolute Gasteiger partial charge is 0.480 e. The number of aliphatic carboxylic acids is 1. The topological polar surface area (TPSA) is 86.7 Å². The predicted octanol–water partition coefficient (Wildman–Crippen LogP) is 0.159. The molecule has 1 rings (SSSR count). The molecular weight excluding hydrogens is 278 g/mol. The van der Waals surface area contributed by atoms with E-state index in [0.717, 1.165) is 10.5 Å². The van der Waals surface area contributed by atoms with E-state index in [9.17, 15) is 18.8 Å². The second-order valence-corrected chi connectivity index (χ2v) is 4.31. The van der Waals surface area contributed by atoms with E-state index in [1.165, 1.54) is 12.1 Å². The molecule has 0 spiro atoms. The Labute approximate surface area is 122 Å². The van der Waals surface area contributed by atoms with Gasteiger partial charge >= 0.3 is 5.97 Å². The van der Waals surface area contributed by atoms with Crippen molar-refractivity contribution in [3.05, 3.63) is 35.6 Å². The normalized spacial score (nSPS) is 9.95. The molecule has 2 radical (unpaired) electrons. The van der Waals surface area contributed by atoms with Gasteiger partial charge in [0.25, 0.3) is 0 Å². The molecule has 8 heteroatoms. The molecule has 0 aliphatic heterocycles. The zero-order valence-corrected chi connectivity index (χ0v) is 11.2. The number of halogens is 1. The van der Waals surface area contributed by atoms with Crippen molar-refractivity contribution in [1.29, 1.82) is 0 Å². The molecule has 0 aliphatic rings. The van der Waals surface area contributed by atoms with Crippen LogP contribution >= 0.6 is 0 Å². The molecule has 0 saturated heterocycles. The van der Waals surface area contributed by atoms with Crippen LogP contribution in [0.25, 0.3) is 0 Å². The Morgan fingerprint density at radius 3 is 2.33 bits per heavy atom. The van der Waals surface area contributed by atoms with Gasteiger partial charge in [0.15, 0.2) is 5.81 Å². The van der Waals surface area contributed by atoms with Crippen LogP contribution in [0.4, 0.5) is 9.18 Å². The van der Waals surface area contributed by atoms with E-state index in [1.54, 1.807) is 12.1 Å². The number of nitrogens with zero attached hydrogens (tertiary/aromatic N) is 1. The summed E-state index contributed by atoms with van der Waals surface area (Å²) in [5.74, 6) is -3.09. The minimum atomic E-state index is -1.26. The third-order valence-electron chi connectivity index (χ3n) is 2.62. The number of rotatable bonds is 7. The van der Waals surface area contributed by atoms with Crippen LogP contribution in [0.15, 0.2) is 24.3 Å². The van der Waals surface area contributed by atoms with E-state index in [4.69, 9.17) is 13.0 Å². The van der Waals surface area contributed by atoms with Gasteiger partial charge in [0, 0.05) is 6.54 Å². The van der Waals surface area contributed by atoms with Crippen LogP contribution < -0.4 is 5.32 Å². The van der Waals surface area contributed by atoms with E-state index in [-0.39, 0.29) is 12.4 Å². The first-order valence-corrected chi connectivity index (χ1v) is 6.16. The lowest BCUT2D eigenvalue weighted by molar-refractivity contribution is -0.137. The first-order valence-electron chi connectivity index (χ1n) is 6.16. The smallest absolute Gasteiger partial charge is 0.323 e. The molecule has 6 nitrogen and oxygen atoms in total. The van der Waals surface area contributed by atoms with Gasteiger partial charge < -0.3 is 15.3 Å². The fourth-order valence-electron chi connectivity index (χ4n) is 1.60. The molecule has 0 aromatic heterocycles. The van der Waals surface area contributed by atoms with Crippen molar-refractivity contribution in [3.63, 3.8) is 0 Å². The van der Waals surface area contributed by atoms with E-state index in [2.05, 4.69) is 5.32 Å². The summed E-state index contributed by atoms with van der Waals surface area (Å²) in [7, 11) is 4.98. The van der Waals surface area contributed by atoms with Crippen molar-refractivity contribution in [1.82, 2.24) is 10.2 Å². The van der Waals surface area contributed by atoms with Crippen LogP contribution in [-0.4, -0.2) is 55.2 Å². The Morgan fingerprint density at radius 2 is 1.81 bits per heavy atom. The fraction of sp³-hybridized carbons (Fsp3) is 0.308. The molecule has 21 heavy (non-hydrogen) atoms. The molecule has 0 fully saturated rings. The van der Waals surface area contributed by atoms with Crippen LogP contribution in [0.2, 0.25) is 0 Å². The first kappa shape index (κ1) is 16.7. The van der Waals surface area contributed by atoms with E-state index in [1.807, 2.05) is 0 Å². The van der Waals surface area contributed by atoms with Crippen LogP contribution in [0.5, 0.6) is 0 Å². The molecule has 0 aliphatic carbocycles. The van der Waals surface area contributed by atoms with E-state index < -0.39 is 30.8 Å². The maximum absolute atomic E-state index is 12.7. The van der Waals surface area contributed by atoms with Gasteiger partial charge in [-0.15, -0.1) is 0 Å². The van der Waals surface area contributed by atoms with Crippen LogP contribution in [-0.2, 0) is 16.0 Å². The summed E-state index contributed by atoms with van der Waals surface area (Å²) in [5.41, 5.74) is 0.842. The van der Waals surface area contributed by atoms with Gasteiger partial charge in [-0.2, -0.15) is 0 Å². The Hall–Kier alpha value is -2.38. The lowest BCUT2D eigenvalue weighted by Crippen LogP contribution is -2.43. The number of hydrogen-bond acceptors (Lipinski definition) is 3. The molecule has 110 valence electrons. The number of carbonyl (C=O) groups excluding carboxylic acids is 2. The third-order valence-corrected chi connectivity index (χ3v) is 2.62. The summed E-state index contributed by atoms with van der Waals surface area (Å²) >= 11 is 0. The maximum atomic E-state index is 12.7. The maximum Gasteiger partial charge on any atom is 0.323 e. The average Bonchev–Trinajstić information content (AvgIpc) is 2.39. The molecule has 1 aromatic carbocycles. The SMILES string of the molecule is [B]C(=O)N(CC(=O)O)CC(=O)NCCc1ccc(F)cc1. The number of amides is 2. The van der Waals surface area contributed by atoms with E-state index >= 15 is 0 Å². The number of benzene rings is 1. The zero-order chi connectivity index (χ0) is 15.8. The van der Waals surface area contributed by atoms with Gasteiger partial charge in [0.1, 0.15) is 12.4 Å². The number of hydrogen-bond donors (Lipinski definition) is 2. The number of carbonyl (C=O) groups is 3. The molecule has 1 aromatic rings. The predicted molar refractivity (Wildman–Crippen MR) is 73.5 cm³/mol.